The van der Waals surface area contributed by atoms with Crippen molar-refractivity contribution >= 4 is 0 Å². The van der Waals surface area contributed by atoms with Gasteiger partial charge in [0.05, 0.1) is 0 Å². The van der Waals surface area contributed by atoms with Crippen LogP contribution in [0.15, 0.2) is 30.3 Å². The summed E-state index contributed by atoms with van der Waals surface area (Å²) in [4.78, 5) is 0. The van der Waals surface area contributed by atoms with Crippen LogP contribution in [0.4, 0.5) is 0 Å². The monoisotopic (exact) mass is 193 g/mol. The second kappa shape index (κ2) is 4.58. The Morgan fingerprint density at radius 3 is 2.36 bits per heavy atom. The van der Waals surface area contributed by atoms with E-state index in [-0.39, 0.29) is 5.54 Å². The highest BCUT2D eigenvalue weighted by molar-refractivity contribution is 5.17. The fourth-order valence-corrected chi connectivity index (χ4v) is 1.72. The van der Waals surface area contributed by atoms with Crippen molar-refractivity contribution in [2.45, 2.75) is 39.0 Å². The first kappa shape index (κ1) is 11.2. The van der Waals surface area contributed by atoms with Crippen LogP contribution in [-0.4, -0.2) is 16.9 Å². The van der Waals surface area contributed by atoms with E-state index in [9.17, 15) is 5.11 Å². The predicted molar refractivity (Wildman–Crippen MR) is 59.0 cm³/mol. The molecule has 0 bridgehead atoms. The second-order valence-electron chi connectivity index (χ2n) is 4.37. The molecule has 0 fully saturated rings. The number of nitrogens with one attached hydrogen (secondary N) is 1. The molecule has 0 aromatic heterocycles. The summed E-state index contributed by atoms with van der Waals surface area (Å²) in [5.41, 5.74) is 1.21. The van der Waals surface area contributed by atoms with Crippen molar-refractivity contribution in [1.29, 1.82) is 0 Å². The number of aliphatic hydroxyl groups excluding tert-OH is 1. The Labute approximate surface area is 86.0 Å². The average molecular weight is 193 g/mol. The molecule has 1 atom stereocenters. The minimum atomic E-state index is -0.464. The first-order chi connectivity index (χ1) is 6.49. The van der Waals surface area contributed by atoms with Crippen molar-refractivity contribution in [3.63, 3.8) is 0 Å². The normalized spacial score (nSPS) is 14.0. The summed E-state index contributed by atoms with van der Waals surface area (Å²) in [7, 11) is 0. The van der Waals surface area contributed by atoms with Crippen LogP contribution in [0, 0.1) is 0 Å². The van der Waals surface area contributed by atoms with Crippen LogP contribution in [-0.2, 0) is 6.42 Å². The molecule has 2 N–H and O–H groups in total. The van der Waals surface area contributed by atoms with E-state index < -0.39 is 6.23 Å². The van der Waals surface area contributed by atoms with Crippen molar-refractivity contribution in [3.8, 4) is 0 Å². The molecule has 0 saturated carbocycles. The molecule has 0 amide bonds. The van der Waals surface area contributed by atoms with E-state index in [2.05, 4.69) is 31.3 Å². The molecule has 0 spiro atoms. The van der Waals surface area contributed by atoms with Gasteiger partial charge in [-0.15, -0.1) is 0 Å². The van der Waals surface area contributed by atoms with Crippen LogP contribution in [0.1, 0.15) is 26.3 Å². The van der Waals surface area contributed by atoms with Crippen molar-refractivity contribution in [2.24, 2.45) is 0 Å². The SMILES string of the molecule is CC(O)NC(C)(C)Cc1ccccc1. The van der Waals surface area contributed by atoms with E-state index in [1.54, 1.807) is 6.92 Å². The zero-order chi connectivity index (χ0) is 10.6. The lowest BCUT2D eigenvalue weighted by molar-refractivity contribution is 0.118. The van der Waals surface area contributed by atoms with Gasteiger partial charge in [0.15, 0.2) is 0 Å². The summed E-state index contributed by atoms with van der Waals surface area (Å²) >= 11 is 0. The highest BCUT2D eigenvalue weighted by Gasteiger charge is 2.19. The van der Waals surface area contributed by atoms with E-state index in [1.165, 1.54) is 5.56 Å². The smallest absolute Gasteiger partial charge is 0.102 e. The lowest BCUT2D eigenvalue weighted by Gasteiger charge is -2.28. The predicted octanol–water partition coefficient (Wildman–Crippen LogP) is 1.94. The van der Waals surface area contributed by atoms with Gasteiger partial charge in [-0.3, -0.25) is 5.32 Å². The molecular formula is C12H19NO. The van der Waals surface area contributed by atoms with Gasteiger partial charge in [-0.05, 0) is 32.8 Å². The lowest BCUT2D eigenvalue weighted by Crippen LogP contribution is -2.46. The summed E-state index contributed by atoms with van der Waals surface area (Å²) in [5, 5.41) is 12.4. The number of hydrogen-bond donors (Lipinski definition) is 2. The third-order valence-corrected chi connectivity index (χ3v) is 2.09. The molecule has 0 saturated heterocycles. The summed E-state index contributed by atoms with van der Waals surface area (Å²) < 4.78 is 0. The average Bonchev–Trinajstić information content (AvgIpc) is 2.02. The summed E-state index contributed by atoms with van der Waals surface area (Å²) in [6.45, 7) is 5.92. The maximum absolute atomic E-state index is 9.25. The first-order valence-electron chi connectivity index (χ1n) is 4.99. The van der Waals surface area contributed by atoms with Crippen LogP contribution >= 0.6 is 0 Å². The van der Waals surface area contributed by atoms with E-state index in [0.717, 1.165) is 6.42 Å². The summed E-state index contributed by atoms with van der Waals surface area (Å²) in [6, 6.07) is 10.3. The van der Waals surface area contributed by atoms with Crippen LogP contribution in [0.25, 0.3) is 0 Å². The molecule has 0 aliphatic heterocycles. The third kappa shape index (κ3) is 3.90. The minimum Gasteiger partial charge on any atom is -0.379 e. The maximum Gasteiger partial charge on any atom is 0.102 e. The van der Waals surface area contributed by atoms with Crippen LogP contribution < -0.4 is 5.32 Å². The Kier molecular flexibility index (Phi) is 3.67. The van der Waals surface area contributed by atoms with E-state index >= 15 is 0 Å². The van der Waals surface area contributed by atoms with Gasteiger partial charge in [0.2, 0.25) is 0 Å². The van der Waals surface area contributed by atoms with Crippen LogP contribution in [0.5, 0.6) is 0 Å². The van der Waals surface area contributed by atoms with Gasteiger partial charge in [0, 0.05) is 5.54 Å². The second-order valence-corrected chi connectivity index (χ2v) is 4.37. The Hall–Kier alpha value is -0.860. The number of rotatable bonds is 4. The Balaban J connectivity index is 2.59. The van der Waals surface area contributed by atoms with E-state index in [1.807, 2.05) is 18.2 Å². The molecule has 2 heteroatoms. The molecule has 0 aliphatic carbocycles. The van der Waals surface area contributed by atoms with Crippen molar-refractivity contribution in [2.75, 3.05) is 0 Å². The molecule has 0 aliphatic rings. The fraction of sp³-hybridized carbons (Fsp3) is 0.500. The molecule has 2 nitrogen and oxygen atoms in total. The Morgan fingerprint density at radius 2 is 1.86 bits per heavy atom. The zero-order valence-electron chi connectivity index (χ0n) is 9.12. The molecule has 1 rings (SSSR count). The highest BCUT2D eigenvalue weighted by Crippen LogP contribution is 2.12. The standard InChI is InChI=1S/C12H19NO/c1-10(14)13-12(2,3)9-11-7-5-4-6-8-11/h4-8,10,13-14H,9H2,1-3H3. The van der Waals surface area contributed by atoms with Gasteiger partial charge >= 0.3 is 0 Å². The van der Waals surface area contributed by atoms with E-state index in [4.69, 9.17) is 0 Å². The lowest BCUT2D eigenvalue weighted by atomic mass is 9.95. The molecular weight excluding hydrogens is 174 g/mol. The quantitative estimate of drug-likeness (QED) is 0.716. The number of hydrogen-bond acceptors (Lipinski definition) is 2. The van der Waals surface area contributed by atoms with Gasteiger partial charge in [-0.25, -0.2) is 0 Å². The third-order valence-electron chi connectivity index (χ3n) is 2.09. The molecule has 0 radical (unpaired) electrons. The topological polar surface area (TPSA) is 32.3 Å². The zero-order valence-corrected chi connectivity index (χ0v) is 9.12. The van der Waals surface area contributed by atoms with Gasteiger partial charge < -0.3 is 5.11 Å². The fourth-order valence-electron chi connectivity index (χ4n) is 1.72. The van der Waals surface area contributed by atoms with Crippen LogP contribution in [0.2, 0.25) is 0 Å². The molecule has 0 heterocycles. The number of benzene rings is 1. The van der Waals surface area contributed by atoms with E-state index in [0.29, 0.717) is 0 Å². The molecule has 14 heavy (non-hydrogen) atoms. The number of aliphatic hydroxyl groups is 1. The first-order valence-corrected chi connectivity index (χ1v) is 4.99. The Morgan fingerprint density at radius 1 is 1.29 bits per heavy atom. The maximum atomic E-state index is 9.25. The summed E-state index contributed by atoms with van der Waals surface area (Å²) in [5.74, 6) is 0. The summed E-state index contributed by atoms with van der Waals surface area (Å²) in [6.07, 6.45) is 0.451. The van der Waals surface area contributed by atoms with Crippen molar-refractivity contribution < 1.29 is 5.11 Å². The van der Waals surface area contributed by atoms with Gasteiger partial charge in [0.25, 0.3) is 0 Å². The van der Waals surface area contributed by atoms with Gasteiger partial charge in [-0.1, -0.05) is 30.3 Å². The van der Waals surface area contributed by atoms with Crippen LogP contribution in [0.3, 0.4) is 0 Å². The van der Waals surface area contributed by atoms with Gasteiger partial charge in [0.1, 0.15) is 6.23 Å². The highest BCUT2D eigenvalue weighted by atomic mass is 16.3. The molecule has 78 valence electrons. The van der Waals surface area contributed by atoms with Gasteiger partial charge in [-0.2, -0.15) is 0 Å². The van der Waals surface area contributed by atoms with Crippen molar-refractivity contribution in [3.05, 3.63) is 35.9 Å². The molecule has 1 aromatic carbocycles. The Bertz CT molecular complexity index is 267. The minimum absolute atomic E-state index is 0.0739. The molecule has 1 aromatic rings. The van der Waals surface area contributed by atoms with Crippen molar-refractivity contribution in [1.82, 2.24) is 5.32 Å². The molecule has 1 unspecified atom stereocenters. The largest absolute Gasteiger partial charge is 0.379 e.